The van der Waals surface area contributed by atoms with Crippen molar-refractivity contribution < 1.29 is 14.3 Å². The number of benzene rings is 3. The highest BCUT2D eigenvalue weighted by atomic mass is 16.6. The largest absolute Gasteiger partial charge is 0.486 e. The number of ether oxygens (including phenoxy) is 2. The van der Waals surface area contributed by atoms with Gasteiger partial charge in [0, 0.05) is 17.8 Å². The smallest absolute Gasteiger partial charge is 0.238 e. The molecule has 0 unspecified atom stereocenters. The highest BCUT2D eigenvalue weighted by molar-refractivity contribution is 5.96. The first kappa shape index (κ1) is 19.0. The molecule has 0 aromatic heterocycles. The van der Waals surface area contributed by atoms with E-state index in [2.05, 4.69) is 5.32 Å². The van der Waals surface area contributed by atoms with Crippen molar-refractivity contribution in [1.82, 2.24) is 4.90 Å². The number of likely N-dealkylation sites (N-methyl/N-ethyl adjacent to an activating group) is 1. The first-order valence-corrected chi connectivity index (χ1v) is 9.70. The van der Waals surface area contributed by atoms with E-state index in [-0.39, 0.29) is 18.6 Å². The van der Waals surface area contributed by atoms with Gasteiger partial charge in [0.25, 0.3) is 0 Å². The van der Waals surface area contributed by atoms with Crippen molar-refractivity contribution in [2.45, 2.75) is 6.10 Å². The molecule has 1 atom stereocenters. The highest BCUT2D eigenvalue weighted by Crippen LogP contribution is 2.31. The zero-order chi connectivity index (χ0) is 20.1. The number of hydrogen-bond acceptors (Lipinski definition) is 4. The Balaban J connectivity index is 1.35. The summed E-state index contributed by atoms with van der Waals surface area (Å²) in [6, 6.07) is 25.5. The molecule has 0 bridgehead atoms. The van der Waals surface area contributed by atoms with Gasteiger partial charge in [0.2, 0.25) is 5.91 Å². The van der Waals surface area contributed by atoms with Gasteiger partial charge in [-0.3, -0.25) is 9.69 Å². The third-order valence-corrected chi connectivity index (χ3v) is 4.78. The van der Waals surface area contributed by atoms with Gasteiger partial charge in [-0.25, -0.2) is 0 Å². The molecule has 5 nitrogen and oxygen atoms in total. The van der Waals surface area contributed by atoms with Crippen molar-refractivity contribution in [1.29, 1.82) is 0 Å². The molecule has 0 fully saturated rings. The van der Waals surface area contributed by atoms with Crippen LogP contribution in [0.1, 0.15) is 0 Å². The number of fused-ring (bicyclic) bond motifs is 1. The zero-order valence-corrected chi connectivity index (χ0v) is 16.4. The number of para-hydroxylation sites is 3. The molecular weight excluding hydrogens is 364 g/mol. The van der Waals surface area contributed by atoms with Crippen molar-refractivity contribution in [3.63, 3.8) is 0 Å². The van der Waals surface area contributed by atoms with Crippen LogP contribution in [0.2, 0.25) is 0 Å². The van der Waals surface area contributed by atoms with Gasteiger partial charge in [0.1, 0.15) is 12.7 Å². The number of carbonyl (C=O) groups excluding carboxylic acids is 1. The van der Waals surface area contributed by atoms with E-state index in [1.54, 1.807) is 0 Å². The van der Waals surface area contributed by atoms with Gasteiger partial charge >= 0.3 is 0 Å². The van der Waals surface area contributed by atoms with Crippen LogP contribution in [-0.4, -0.2) is 43.7 Å². The fraction of sp³-hybridized carbons (Fsp3) is 0.208. The molecule has 4 rings (SSSR count). The van der Waals surface area contributed by atoms with Crippen LogP contribution in [0.4, 0.5) is 5.69 Å². The van der Waals surface area contributed by atoms with Crippen LogP contribution in [0.5, 0.6) is 11.5 Å². The Morgan fingerprint density at radius 2 is 1.66 bits per heavy atom. The molecule has 29 heavy (non-hydrogen) atoms. The summed E-state index contributed by atoms with van der Waals surface area (Å²) in [4.78, 5) is 14.6. The fourth-order valence-electron chi connectivity index (χ4n) is 3.46. The number of anilines is 1. The molecule has 0 spiro atoms. The van der Waals surface area contributed by atoms with E-state index in [0.717, 1.165) is 28.3 Å². The summed E-state index contributed by atoms with van der Waals surface area (Å²) in [7, 11) is 1.91. The molecule has 0 aliphatic carbocycles. The van der Waals surface area contributed by atoms with Crippen LogP contribution in [0, 0.1) is 0 Å². The third-order valence-electron chi connectivity index (χ3n) is 4.78. The number of rotatable bonds is 6. The molecule has 3 aromatic rings. The Kier molecular flexibility index (Phi) is 5.77. The minimum Gasteiger partial charge on any atom is -0.486 e. The van der Waals surface area contributed by atoms with E-state index < -0.39 is 0 Å². The van der Waals surface area contributed by atoms with E-state index in [9.17, 15) is 4.79 Å². The molecule has 1 aliphatic rings. The number of amides is 1. The average Bonchev–Trinajstić information content (AvgIpc) is 2.74. The van der Waals surface area contributed by atoms with Gasteiger partial charge < -0.3 is 14.8 Å². The van der Waals surface area contributed by atoms with Crippen LogP contribution in [-0.2, 0) is 4.79 Å². The van der Waals surface area contributed by atoms with Crippen molar-refractivity contribution in [2.75, 3.05) is 32.1 Å². The maximum Gasteiger partial charge on any atom is 0.238 e. The Hall–Kier alpha value is -3.31. The lowest BCUT2D eigenvalue weighted by Crippen LogP contribution is -2.42. The lowest BCUT2D eigenvalue weighted by atomic mass is 10.0. The number of carbonyl (C=O) groups is 1. The van der Waals surface area contributed by atoms with E-state index in [1.165, 1.54) is 0 Å². The molecule has 148 valence electrons. The Morgan fingerprint density at radius 3 is 2.48 bits per heavy atom. The summed E-state index contributed by atoms with van der Waals surface area (Å²) in [5.74, 6) is 1.45. The van der Waals surface area contributed by atoms with Gasteiger partial charge in [-0.15, -0.1) is 0 Å². The predicted octanol–water partition coefficient (Wildman–Crippen LogP) is 4.06. The summed E-state index contributed by atoms with van der Waals surface area (Å²) in [6.45, 7) is 1.34. The molecule has 1 N–H and O–H groups in total. The molecule has 5 heteroatoms. The quantitative estimate of drug-likeness (QED) is 0.692. The van der Waals surface area contributed by atoms with Crippen LogP contribution < -0.4 is 14.8 Å². The molecule has 0 saturated carbocycles. The maximum atomic E-state index is 12.6. The molecule has 1 heterocycles. The van der Waals surface area contributed by atoms with E-state index in [4.69, 9.17) is 9.47 Å². The topological polar surface area (TPSA) is 50.8 Å². The van der Waals surface area contributed by atoms with Crippen LogP contribution >= 0.6 is 0 Å². The van der Waals surface area contributed by atoms with Crippen LogP contribution in [0.3, 0.4) is 0 Å². The Labute approximate surface area is 170 Å². The van der Waals surface area contributed by atoms with Gasteiger partial charge in [-0.2, -0.15) is 0 Å². The highest BCUT2D eigenvalue weighted by Gasteiger charge is 2.22. The number of nitrogens with zero attached hydrogens (tertiary/aromatic N) is 1. The lowest BCUT2D eigenvalue weighted by Gasteiger charge is -2.29. The van der Waals surface area contributed by atoms with Crippen molar-refractivity contribution in [2.24, 2.45) is 0 Å². The summed E-state index contributed by atoms with van der Waals surface area (Å²) >= 11 is 0. The molecule has 1 amide bonds. The molecular formula is C24H24N2O3. The minimum absolute atomic E-state index is 0.0620. The van der Waals surface area contributed by atoms with Crippen molar-refractivity contribution in [3.8, 4) is 22.6 Å². The molecule has 0 saturated heterocycles. The van der Waals surface area contributed by atoms with Gasteiger partial charge in [0.15, 0.2) is 11.5 Å². The summed E-state index contributed by atoms with van der Waals surface area (Å²) < 4.78 is 11.7. The van der Waals surface area contributed by atoms with Crippen molar-refractivity contribution in [3.05, 3.63) is 78.9 Å². The SMILES string of the molecule is CN(CC(=O)Nc1ccccc1-c1ccccc1)C[C@@H]1COc2ccccc2O1. The number of hydrogen-bond donors (Lipinski definition) is 1. The molecule has 0 radical (unpaired) electrons. The second-order valence-corrected chi connectivity index (χ2v) is 7.15. The maximum absolute atomic E-state index is 12.6. The third kappa shape index (κ3) is 4.76. The second-order valence-electron chi connectivity index (χ2n) is 7.15. The van der Waals surface area contributed by atoms with E-state index in [1.807, 2.05) is 90.8 Å². The second kappa shape index (κ2) is 8.80. The summed E-state index contributed by atoms with van der Waals surface area (Å²) in [5.41, 5.74) is 2.89. The zero-order valence-electron chi connectivity index (χ0n) is 16.4. The fourth-order valence-corrected chi connectivity index (χ4v) is 3.46. The minimum atomic E-state index is -0.112. The standard InChI is InChI=1S/C24H24N2O3/c1-26(15-19-17-28-22-13-7-8-14-23(22)29-19)16-24(27)25-21-12-6-5-11-20(21)18-9-3-2-4-10-18/h2-14,19H,15-17H2,1H3,(H,25,27)/t19-/m1/s1. The predicted molar refractivity (Wildman–Crippen MR) is 114 cm³/mol. The Morgan fingerprint density at radius 1 is 0.966 bits per heavy atom. The van der Waals surface area contributed by atoms with Gasteiger partial charge in [-0.05, 0) is 30.8 Å². The lowest BCUT2D eigenvalue weighted by molar-refractivity contribution is -0.117. The molecule has 1 aliphatic heterocycles. The molecule has 3 aromatic carbocycles. The monoisotopic (exact) mass is 388 g/mol. The average molecular weight is 388 g/mol. The summed E-state index contributed by atoms with van der Waals surface area (Å²) in [6.07, 6.45) is -0.112. The van der Waals surface area contributed by atoms with E-state index >= 15 is 0 Å². The van der Waals surface area contributed by atoms with Gasteiger partial charge in [0.05, 0.1) is 6.54 Å². The summed E-state index contributed by atoms with van der Waals surface area (Å²) in [5, 5.41) is 3.04. The Bertz CT molecular complexity index is 975. The van der Waals surface area contributed by atoms with Crippen LogP contribution in [0.15, 0.2) is 78.9 Å². The first-order chi connectivity index (χ1) is 14.2. The van der Waals surface area contributed by atoms with Crippen LogP contribution in [0.25, 0.3) is 11.1 Å². The van der Waals surface area contributed by atoms with E-state index in [0.29, 0.717) is 13.2 Å². The van der Waals surface area contributed by atoms with Gasteiger partial charge in [-0.1, -0.05) is 60.7 Å². The number of nitrogens with one attached hydrogen (secondary N) is 1. The van der Waals surface area contributed by atoms with Crippen molar-refractivity contribution >= 4 is 11.6 Å². The normalized spacial score (nSPS) is 15.2. The first-order valence-electron chi connectivity index (χ1n) is 9.70.